The highest BCUT2D eigenvalue weighted by atomic mass is 16.5. The Morgan fingerprint density at radius 2 is 1.81 bits per heavy atom. The lowest BCUT2D eigenvalue weighted by Gasteiger charge is -2.33. The predicted octanol–water partition coefficient (Wildman–Crippen LogP) is 2.88. The third-order valence-corrected chi connectivity index (χ3v) is 5.94. The van der Waals surface area contributed by atoms with E-state index in [4.69, 9.17) is 5.21 Å². The van der Waals surface area contributed by atoms with Crippen LogP contribution in [0, 0.1) is 0 Å². The van der Waals surface area contributed by atoms with Crippen molar-refractivity contribution in [1.29, 1.82) is 0 Å². The number of benzene rings is 1. The first kappa shape index (κ1) is 22.7. The lowest BCUT2D eigenvalue weighted by Crippen LogP contribution is -2.53. The molecule has 1 saturated heterocycles. The molecule has 1 aromatic carbocycles. The van der Waals surface area contributed by atoms with Crippen molar-refractivity contribution in [2.75, 3.05) is 11.4 Å². The smallest absolute Gasteiger partial charge is 0.295 e. The summed E-state index contributed by atoms with van der Waals surface area (Å²) in [5.74, 6) is -1.63. The normalized spacial score (nSPS) is 19.6. The van der Waals surface area contributed by atoms with Gasteiger partial charge in [-0.1, -0.05) is 45.2 Å². The summed E-state index contributed by atoms with van der Waals surface area (Å²) in [6.45, 7) is 3.87. The quantitative estimate of drug-likeness (QED) is 0.393. The van der Waals surface area contributed by atoms with Gasteiger partial charge in [0.2, 0.25) is 5.91 Å². The highest BCUT2D eigenvalue weighted by Gasteiger charge is 2.52. The Balaban J connectivity index is 2.09. The van der Waals surface area contributed by atoms with Gasteiger partial charge in [0.25, 0.3) is 11.8 Å². The second kappa shape index (κ2) is 9.91. The zero-order valence-corrected chi connectivity index (χ0v) is 18.0. The lowest BCUT2D eigenvalue weighted by molar-refractivity contribution is -0.132. The number of amides is 5. The fraction of sp³-hybridized carbons (Fsp3) is 0.545. The zero-order chi connectivity index (χ0) is 22.5. The number of carbonyl (C=O) groups is 4. The molecule has 1 saturated carbocycles. The van der Waals surface area contributed by atoms with Crippen LogP contribution in [0.25, 0.3) is 0 Å². The summed E-state index contributed by atoms with van der Waals surface area (Å²) in [5.41, 5.74) is 1.81. The van der Waals surface area contributed by atoms with Gasteiger partial charge in [-0.3, -0.25) is 34.3 Å². The minimum Gasteiger partial charge on any atom is -0.295 e. The average Bonchev–Trinajstić information content (AvgIpc) is 3.04. The van der Waals surface area contributed by atoms with Gasteiger partial charge in [-0.25, -0.2) is 10.3 Å². The Hall–Kier alpha value is -2.94. The molecule has 1 heterocycles. The van der Waals surface area contributed by atoms with E-state index in [0.29, 0.717) is 13.0 Å². The molecule has 0 aromatic heterocycles. The molecule has 0 bridgehead atoms. The molecule has 1 aliphatic heterocycles. The third-order valence-electron chi connectivity index (χ3n) is 5.94. The minimum atomic E-state index is -1.16. The van der Waals surface area contributed by atoms with Gasteiger partial charge in [-0.2, -0.15) is 0 Å². The SMILES string of the molecule is CCCN1C(=O)N(C2CCCCC2)C(=O)C1N(C(=O)CC)c1ccccc1C(=O)NO. The first-order valence-corrected chi connectivity index (χ1v) is 10.9. The molecule has 0 spiro atoms. The van der Waals surface area contributed by atoms with Crippen molar-refractivity contribution in [3.05, 3.63) is 29.8 Å². The highest BCUT2D eigenvalue weighted by molar-refractivity contribution is 6.12. The minimum absolute atomic E-state index is 0.0413. The van der Waals surface area contributed by atoms with Crippen LogP contribution in [-0.4, -0.2) is 57.5 Å². The second-order valence-electron chi connectivity index (χ2n) is 7.93. The van der Waals surface area contributed by atoms with E-state index in [2.05, 4.69) is 0 Å². The molecule has 1 unspecified atom stereocenters. The molecule has 168 valence electrons. The number of para-hydroxylation sites is 1. The molecular weight excluding hydrogens is 400 g/mol. The summed E-state index contributed by atoms with van der Waals surface area (Å²) in [6, 6.07) is 5.69. The van der Waals surface area contributed by atoms with Gasteiger partial charge in [0.05, 0.1) is 11.3 Å². The fourth-order valence-electron chi connectivity index (χ4n) is 4.49. The van der Waals surface area contributed by atoms with Crippen LogP contribution in [0.1, 0.15) is 69.2 Å². The number of hydrogen-bond donors (Lipinski definition) is 2. The zero-order valence-electron chi connectivity index (χ0n) is 18.0. The van der Waals surface area contributed by atoms with Crippen molar-refractivity contribution in [3.8, 4) is 0 Å². The van der Waals surface area contributed by atoms with Crippen LogP contribution in [0.15, 0.2) is 24.3 Å². The summed E-state index contributed by atoms with van der Waals surface area (Å²) >= 11 is 0. The maximum atomic E-state index is 13.6. The average molecular weight is 431 g/mol. The summed E-state index contributed by atoms with van der Waals surface area (Å²) in [7, 11) is 0. The van der Waals surface area contributed by atoms with Crippen molar-refractivity contribution >= 4 is 29.4 Å². The van der Waals surface area contributed by atoms with Crippen LogP contribution in [0.2, 0.25) is 0 Å². The van der Waals surface area contributed by atoms with E-state index >= 15 is 0 Å². The molecule has 2 N–H and O–H groups in total. The summed E-state index contributed by atoms with van der Waals surface area (Å²) < 4.78 is 0. The van der Waals surface area contributed by atoms with Gasteiger partial charge in [-0.15, -0.1) is 0 Å². The highest BCUT2D eigenvalue weighted by Crippen LogP contribution is 2.33. The summed E-state index contributed by atoms with van der Waals surface area (Å²) in [4.78, 5) is 56.2. The van der Waals surface area contributed by atoms with Crippen molar-refractivity contribution in [1.82, 2.24) is 15.3 Å². The Kier molecular flexibility index (Phi) is 7.27. The fourth-order valence-corrected chi connectivity index (χ4v) is 4.49. The molecular formula is C22H30N4O5. The number of hydroxylamine groups is 1. The molecule has 5 amide bonds. The van der Waals surface area contributed by atoms with Gasteiger partial charge in [0, 0.05) is 19.0 Å². The van der Waals surface area contributed by atoms with E-state index in [1.54, 1.807) is 30.6 Å². The van der Waals surface area contributed by atoms with Crippen molar-refractivity contribution in [2.24, 2.45) is 0 Å². The van der Waals surface area contributed by atoms with Gasteiger partial charge in [0.15, 0.2) is 6.17 Å². The predicted molar refractivity (Wildman–Crippen MR) is 113 cm³/mol. The van der Waals surface area contributed by atoms with E-state index in [1.165, 1.54) is 20.8 Å². The van der Waals surface area contributed by atoms with Gasteiger partial charge in [0.1, 0.15) is 0 Å². The molecule has 9 heteroatoms. The first-order chi connectivity index (χ1) is 15.0. The van der Waals surface area contributed by atoms with Crippen LogP contribution in [-0.2, 0) is 9.59 Å². The molecule has 2 fully saturated rings. The number of anilines is 1. The number of hydrogen-bond acceptors (Lipinski definition) is 5. The van der Waals surface area contributed by atoms with E-state index < -0.39 is 23.9 Å². The molecule has 0 radical (unpaired) electrons. The maximum absolute atomic E-state index is 13.6. The van der Waals surface area contributed by atoms with Crippen molar-refractivity contribution in [2.45, 2.75) is 71.0 Å². The van der Waals surface area contributed by atoms with Crippen LogP contribution < -0.4 is 10.4 Å². The van der Waals surface area contributed by atoms with Gasteiger partial charge >= 0.3 is 6.03 Å². The van der Waals surface area contributed by atoms with Crippen molar-refractivity contribution < 1.29 is 24.4 Å². The number of nitrogens with zero attached hydrogens (tertiary/aromatic N) is 3. The number of rotatable bonds is 7. The number of urea groups is 1. The first-order valence-electron chi connectivity index (χ1n) is 10.9. The Morgan fingerprint density at radius 3 is 2.42 bits per heavy atom. The number of imide groups is 1. The van der Waals surface area contributed by atoms with Gasteiger partial charge < -0.3 is 0 Å². The largest absolute Gasteiger partial charge is 0.329 e. The number of nitrogens with one attached hydrogen (secondary N) is 1. The maximum Gasteiger partial charge on any atom is 0.329 e. The van der Waals surface area contributed by atoms with Crippen molar-refractivity contribution in [3.63, 3.8) is 0 Å². The van der Waals surface area contributed by atoms with E-state index in [1.807, 2.05) is 6.92 Å². The molecule has 9 nitrogen and oxygen atoms in total. The topological polar surface area (TPSA) is 110 Å². The Labute approximate surface area is 181 Å². The summed E-state index contributed by atoms with van der Waals surface area (Å²) in [6.07, 6.45) is 4.05. The van der Waals surface area contributed by atoms with E-state index in [-0.39, 0.29) is 29.7 Å². The van der Waals surface area contributed by atoms with Crippen LogP contribution >= 0.6 is 0 Å². The molecule has 31 heavy (non-hydrogen) atoms. The summed E-state index contributed by atoms with van der Waals surface area (Å²) in [5, 5.41) is 9.16. The molecule has 1 atom stereocenters. The Morgan fingerprint density at radius 1 is 1.13 bits per heavy atom. The van der Waals surface area contributed by atoms with Crippen LogP contribution in [0.5, 0.6) is 0 Å². The van der Waals surface area contributed by atoms with Crippen LogP contribution in [0.4, 0.5) is 10.5 Å². The lowest BCUT2D eigenvalue weighted by atomic mass is 9.94. The standard InChI is InChI=1S/C22H30N4O5/c1-3-14-24-20(21(29)25(22(24)30)15-10-6-5-7-11-15)26(18(27)4-2)17-13-9-8-12-16(17)19(28)23-31/h8-9,12-13,15,20,31H,3-7,10-11,14H2,1-2H3,(H,23,28). The van der Waals surface area contributed by atoms with Crippen LogP contribution in [0.3, 0.4) is 0 Å². The monoisotopic (exact) mass is 430 g/mol. The molecule has 1 aromatic rings. The molecule has 1 aliphatic carbocycles. The molecule has 3 rings (SSSR count). The number of carbonyl (C=O) groups excluding carboxylic acids is 4. The van der Waals surface area contributed by atoms with Gasteiger partial charge in [-0.05, 0) is 31.4 Å². The Bertz CT molecular complexity index is 852. The third kappa shape index (κ3) is 4.27. The molecule has 2 aliphatic rings. The second-order valence-corrected chi connectivity index (χ2v) is 7.93. The van der Waals surface area contributed by atoms with E-state index in [9.17, 15) is 19.2 Å². The van der Waals surface area contributed by atoms with E-state index in [0.717, 1.165) is 32.1 Å².